The van der Waals surface area contributed by atoms with Gasteiger partial charge in [-0.2, -0.15) is 11.8 Å². The van der Waals surface area contributed by atoms with Crippen molar-refractivity contribution < 1.29 is 8.42 Å². The number of aromatic nitrogens is 1. The molecule has 0 amide bonds. The highest BCUT2D eigenvalue weighted by atomic mass is 32.2. The number of hydrogen-bond acceptors (Lipinski definition) is 6. The van der Waals surface area contributed by atoms with Gasteiger partial charge in [-0.05, 0) is 24.5 Å². The lowest BCUT2D eigenvalue weighted by Crippen LogP contribution is -2.47. The quantitative estimate of drug-likeness (QED) is 0.877. The van der Waals surface area contributed by atoms with Crippen LogP contribution in [0.1, 0.15) is 18.9 Å². The van der Waals surface area contributed by atoms with Crippen LogP contribution in [-0.2, 0) is 16.3 Å². The maximum absolute atomic E-state index is 11.9. The van der Waals surface area contributed by atoms with Crippen molar-refractivity contribution in [3.8, 4) is 0 Å². The Morgan fingerprint density at radius 3 is 2.86 bits per heavy atom. The highest BCUT2D eigenvalue weighted by Gasteiger charge is 2.31. The Bertz CT molecular complexity index is 560. The maximum Gasteiger partial charge on any atom is 0.169 e. The Morgan fingerprint density at radius 2 is 2.29 bits per heavy atom. The molecule has 118 valence electrons. The van der Waals surface area contributed by atoms with Crippen molar-refractivity contribution in [2.24, 2.45) is 5.73 Å². The Kier molecular flexibility index (Phi) is 5.51. The minimum absolute atomic E-state index is 0.146. The van der Waals surface area contributed by atoms with E-state index in [1.807, 2.05) is 23.2 Å². The van der Waals surface area contributed by atoms with Crippen molar-refractivity contribution >= 4 is 27.4 Å². The number of nitrogens with zero attached hydrogens (tertiary/aromatic N) is 2. The minimum atomic E-state index is -3.11. The first-order valence-corrected chi connectivity index (χ1v) is 10.3. The summed E-state index contributed by atoms with van der Waals surface area (Å²) in [6.45, 7) is 2.78. The van der Waals surface area contributed by atoms with Crippen LogP contribution in [-0.4, -0.2) is 49.1 Å². The first-order valence-electron chi connectivity index (χ1n) is 7.15. The van der Waals surface area contributed by atoms with Gasteiger partial charge in [-0.3, -0.25) is 0 Å². The number of sulfone groups is 1. The van der Waals surface area contributed by atoms with E-state index in [0.717, 1.165) is 30.0 Å². The van der Waals surface area contributed by atoms with Crippen molar-refractivity contribution in [2.75, 3.05) is 29.2 Å². The average molecular weight is 329 g/mol. The van der Waals surface area contributed by atoms with Gasteiger partial charge in [0.15, 0.2) is 9.84 Å². The SMILES string of the molecule is CCC(N)Cc1ccc(N2CCSCC2S(C)(=O)=O)nc1. The number of nitrogens with two attached hydrogens (primary N) is 1. The summed E-state index contributed by atoms with van der Waals surface area (Å²) in [6.07, 6.45) is 4.84. The molecule has 5 nitrogen and oxygen atoms in total. The van der Waals surface area contributed by atoms with Gasteiger partial charge in [0.05, 0.1) is 0 Å². The summed E-state index contributed by atoms with van der Waals surface area (Å²) >= 11 is 1.68. The van der Waals surface area contributed by atoms with Gasteiger partial charge in [0.1, 0.15) is 11.2 Å². The number of pyridine rings is 1. The Morgan fingerprint density at radius 1 is 1.52 bits per heavy atom. The molecule has 0 saturated carbocycles. The van der Waals surface area contributed by atoms with E-state index in [0.29, 0.717) is 12.3 Å². The predicted octanol–water partition coefficient (Wildman–Crippen LogP) is 1.29. The molecule has 2 heterocycles. The second-order valence-electron chi connectivity index (χ2n) is 5.45. The van der Waals surface area contributed by atoms with E-state index < -0.39 is 15.2 Å². The van der Waals surface area contributed by atoms with Gasteiger partial charge >= 0.3 is 0 Å². The lowest BCUT2D eigenvalue weighted by atomic mass is 10.1. The lowest BCUT2D eigenvalue weighted by Gasteiger charge is -2.35. The summed E-state index contributed by atoms with van der Waals surface area (Å²) in [6, 6.07) is 4.05. The largest absolute Gasteiger partial charge is 0.338 e. The zero-order chi connectivity index (χ0) is 15.5. The van der Waals surface area contributed by atoms with E-state index in [9.17, 15) is 8.42 Å². The van der Waals surface area contributed by atoms with Crippen LogP contribution in [0.4, 0.5) is 5.82 Å². The zero-order valence-electron chi connectivity index (χ0n) is 12.5. The van der Waals surface area contributed by atoms with Crippen molar-refractivity contribution in [3.63, 3.8) is 0 Å². The monoisotopic (exact) mass is 329 g/mol. The van der Waals surface area contributed by atoms with E-state index in [4.69, 9.17) is 5.73 Å². The fourth-order valence-electron chi connectivity index (χ4n) is 2.35. The minimum Gasteiger partial charge on any atom is -0.338 e. The van der Waals surface area contributed by atoms with Crippen molar-refractivity contribution in [3.05, 3.63) is 23.9 Å². The van der Waals surface area contributed by atoms with Crippen LogP contribution in [0.2, 0.25) is 0 Å². The fraction of sp³-hybridized carbons (Fsp3) is 0.643. The molecule has 1 aromatic heterocycles. The molecule has 1 saturated heterocycles. The summed E-state index contributed by atoms with van der Waals surface area (Å²) in [5, 5.41) is -0.479. The van der Waals surface area contributed by atoms with Gasteiger partial charge in [0.25, 0.3) is 0 Å². The van der Waals surface area contributed by atoms with Gasteiger partial charge in [-0.1, -0.05) is 13.0 Å². The van der Waals surface area contributed by atoms with Crippen molar-refractivity contribution in [2.45, 2.75) is 31.2 Å². The molecule has 0 aromatic carbocycles. The van der Waals surface area contributed by atoms with Crippen LogP contribution in [0.5, 0.6) is 0 Å². The molecule has 2 unspecified atom stereocenters. The van der Waals surface area contributed by atoms with E-state index in [1.54, 1.807) is 11.8 Å². The summed E-state index contributed by atoms with van der Waals surface area (Å²) < 4.78 is 23.8. The normalized spacial score (nSPS) is 21.3. The number of anilines is 1. The Labute approximate surface area is 131 Å². The van der Waals surface area contributed by atoms with Crippen molar-refractivity contribution in [1.29, 1.82) is 0 Å². The number of hydrogen-bond donors (Lipinski definition) is 1. The molecule has 2 atom stereocenters. The molecule has 0 bridgehead atoms. The molecule has 1 fully saturated rings. The van der Waals surface area contributed by atoms with E-state index in [-0.39, 0.29) is 6.04 Å². The number of thioether (sulfide) groups is 1. The van der Waals surface area contributed by atoms with Gasteiger partial charge in [0.2, 0.25) is 0 Å². The van der Waals surface area contributed by atoms with Crippen LogP contribution in [0.3, 0.4) is 0 Å². The molecule has 0 spiro atoms. The van der Waals surface area contributed by atoms with E-state index >= 15 is 0 Å². The first-order chi connectivity index (χ1) is 9.91. The topological polar surface area (TPSA) is 76.3 Å². The highest BCUT2D eigenvalue weighted by Crippen LogP contribution is 2.25. The Balaban J connectivity index is 2.16. The summed E-state index contributed by atoms with van der Waals surface area (Å²) in [5.41, 5.74) is 7.04. The molecule has 0 aliphatic carbocycles. The Hall–Kier alpha value is -0.790. The van der Waals surface area contributed by atoms with Gasteiger partial charge in [-0.15, -0.1) is 0 Å². The molecule has 21 heavy (non-hydrogen) atoms. The van der Waals surface area contributed by atoms with E-state index in [2.05, 4.69) is 11.9 Å². The lowest BCUT2D eigenvalue weighted by molar-refractivity contribution is 0.583. The highest BCUT2D eigenvalue weighted by molar-refractivity contribution is 8.01. The van der Waals surface area contributed by atoms with Crippen LogP contribution < -0.4 is 10.6 Å². The van der Waals surface area contributed by atoms with Crippen molar-refractivity contribution in [1.82, 2.24) is 4.98 Å². The molecule has 0 radical (unpaired) electrons. The summed E-state index contributed by atoms with van der Waals surface area (Å²) in [4.78, 5) is 6.35. The zero-order valence-corrected chi connectivity index (χ0v) is 14.2. The van der Waals surface area contributed by atoms with Crippen LogP contribution in [0, 0.1) is 0 Å². The maximum atomic E-state index is 11.9. The molecule has 2 rings (SSSR count). The third-order valence-electron chi connectivity index (χ3n) is 3.70. The smallest absolute Gasteiger partial charge is 0.169 e. The van der Waals surface area contributed by atoms with Gasteiger partial charge < -0.3 is 10.6 Å². The van der Waals surface area contributed by atoms with Crippen LogP contribution in [0.25, 0.3) is 0 Å². The van der Waals surface area contributed by atoms with Crippen LogP contribution >= 0.6 is 11.8 Å². The summed E-state index contributed by atoms with van der Waals surface area (Å²) in [5.74, 6) is 2.26. The van der Waals surface area contributed by atoms with Gasteiger partial charge in [0, 0.05) is 36.5 Å². The van der Waals surface area contributed by atoms with Crippen LogP contribution in [0.15, 0.2) is 18.3 Å². The summed E-state index contributed by atoms with van der Waals surface area (Å²) in [7, 11) is -3.11. The third kappa shape index (κ3) is 4.34. The number of rotatable bonds is 5. The second kappa shape index (κ2) is 6.98. The first kappa shape index (κ1) is 16.6. The predicted molar refractivity (Wildman–Crippen MR) is 89.5 cm³/mol. The third-order valence-corrected chi connectivity index (χ3v) is 6.35. The average Bonchev–Trinajstić information content (AvgIpc) is 2.47. The molecule has 1 aliphatic heterocycles. The molecule has 7 heteroatoms. The fourth-order valence-corrected chi connectivity index (χ4v) is 5.18. The molecular formula is C14H23N3O2S2. The molecule has 1 aliphatic rings. The molecule has 2 N–H and O–H groups in total. The van der Waals surface area contributed by atoms with Gasteiger partial charge in [-0.25, -0.2) is 13.4 Å². The molecular weight excluding hydrogens is 306 g/mol. The van der Waals surface area contributed by atoms with E-state index in [1.165, 1.54) is 6.26 Å². The molecule has 1 aromatic rings. The standard InChI is InChI=1S/C14H23N3O2S2/c1-3-12(15)8-11-4-5-13(16-9-11)17-6-7-20-10-14(17)21(2,18)19/h4-5,9,12,14H,3,6-8,10,15H2,1-2H3. The second-order valence-corrected chi connectivity index (χ2v) is 8.80.